The molecule has 4 rings (SSSR count). The highest BCUT2D eigenvalue weighted by atomic mass is 32.2. The van der Waals surface area contributed by atoms with Crippen LogP contribution in [-0.2, 0) is 21.4 Å². The van der Waals surface area contributed by atoms with Gasteiger partial charge in [0.15, 0.2) is 0 Å². The Morgan fingerprint density at radius 2 is 1.62 bits per heavy atom. The van der Waals surface area contributed by atoms with Crippen molar-refractivity contribution in [2.75, 3.05) is 20.1 Å². The number of piperidine rings is 1. The molecule has 2 aromatic carbocycles. The molecule has 2 aromatic rings. The fraction of sp³-hybridized carbons (Fsp3) is 0.462. The zero-order valence-corrected chi connectivity index (χ0v) is 20.9. The third-order valence-electron chi connectivity index (χ3n) is 6.84. The lowest BCUT2D eigenvalue weighted by atomic mass is 9.96. The molecular weight excluding hydrogens is 450 g/mol. The molecule has 0 unspecified atom stereocenters. The number of carbonyl (C=O) groups is 2. The van der Waals surface area contributed by atoms with Gasteiger partial charge in [0.05, 0.1) is 4.90 Å². The first-order valence-corrected chi connectivity index (χ1v) is 13.3. The molecule has 2 aliphatic rings. The number of hydrogen-bond acceptors (Lipinski definition) is 4. The molecule has 8 heteroatoms. The maximum atomic E-state index is 13.0. The number of sulfonamides is 1. The van der Waals surface area contributed by atoms with Crippen molar-refractivity contribution in [2.45, 2.75) is 57.0 Å². The molecule has 7 nitrogen and oxygen atoms in total. The average Bonchev–Trinajstić information content (AvgIpc) is 3.64. The number of rotatable bonds is 7. The molecule has 0 spiro atoms. The number of hydrogen-bond donors (Lipinski definition) is 1. The summed E-state index contributed by atoms with van der Waals surface area (Å²) in [5, 5.41) is 2.97. The van der Waals surface area contributed by atoms with E-state index < -0.39 is 10.0 Å². The molecular formula is C26H33N3O4S. The molecule has 0 aromatic heterocycles. The van der Waals surface area contributed by atoms with Gasteiger partial charge in [0, 0.05) is 44.2 Å². The summed E-state index contributed by atoms with van der Waals surface area (Å²) in [5.74, 6) is -0.223. The summed E-state index contributed by atoms with van der Waals surface area (Å²) in [7, 11) is -1.79. The van der Waals surface area contributed by atoms with Crippen molar-refractivity contribution in [2.24, 2.45) is 5.92 Å². The van der Waals surface area contributed by atoms with Crippen molar-refractivity contribution in [3.05, 3.63) is 64.7 Å². The summed E-state index contributed by atoms with van der Waals surface area (Å²) < 4.78 is 27.6. The highest BCUT2D eigenvalue weighted by Gasteiger charge is 2.33. The average molecular weight is 484 g/mol. The van der Waals surface area contributed by atoms with Crippen LogP contribution in [0.5, 0.6) is 0 Å². The molecule has 0 radical (unpaired) electrons. The maximum absolute atomic E-state index is 13.0. The topological polar surface area (TPSA) is 86.8 Å². The van der Waals surface area contributed by atoms with Gasteiger partial charge >= 0.3 is 0 Å². The second-order valence-corrected chi connectivity index (χ2v) is 11.5. The number of aryl methyl sites for hydroxylation is 2. The molecule has 1 saturated heterocycles. The van der Waals surface area contributed by atoms with Crippen LogP contribution in [0.4, 0.5) is 0 Å². The van der Waals surface area contributed by atoms with Gasteiger partial charge in [-0.25, -0.2) is 8.42 Å². The molecule has 182 valence electrons. The van der Waals surface area contributed by atoms with Gasteiger partial charge in [-0.2, -0.15) is 4.31 Å². The van der Waals surface area contributed by atoms with E-state index in [9.17, 15) is 18.0 Å². The minimum atomic E-state index is -3.56. The minimum absolute atomic E-state index is 0.0266. The van der Waals surface area contributed by atoms with Gasteiger partial charge in [0.1, 0.15) is 0 Å². The van der Waals surface area contributed by atoms with Crippen LogP contribution in [0.15, 0.2) is 47.4 Å². The van der Waals surface area contributed by atoms with E-state index >= 15 is 0 Å². The Bertz CT molecular complexity index is 1170. The zero-order valence-electron chi connectivity index (χ0n) is 20.1. The molecule has 0 bridgehead atoms. The second kappa shape index (κ2) is 9.88. The summed E-state index contributed by atoms with van der Waals surface area (Å²) in [6.45, 7) is 4.99. The van der Waals surface area contributed by atoms with Crippen LogP contribution in [0.25, 0.3) is 0 Å². The van der Waals surface area contributed by atoms with E-state index in [2.05, 4.69) is 5.32 Å². The van der Waals surface area contributed by atoms with Crippen molar-refractivity contribution in [1.29, 1.82) is 0 Å². The van der Waals surface area contributed by atoms with Gasteiger partial charge in [0.2, 0.25) is 15.9 Å². The van der Waals surface area contributed by atoms with Crippen LogP contribution in [-0.4, -0.2) is 55.6 Å². The van der Waals surface area contributed by atoms with Crippen LogP contribution in [0.2, 0.25) is 0 Å². The summed E-state index contributed by atoms with van der Waals surface area (Å²) in [4.78, 5) is 27.2. The molecule has 0 atom stereocenters. The predicted octanol–water partition coefficient (Wildman–Crippen LogP) is 3.25. The molecule has 1 N–H and O–H groups in total. The van der Waals surface area contributed by atoms with Crippen molar-refractivity contribution in [3.63, 3.8) is 0 Å². The van der Waals surface area contributed by atoms with Gasteiger partial charge in [0.25, 0.3) is 5.91 Å². The fourth-order valence-electron chi connectivity index (χ4n) is 4.29. The molecule has 1 saturated carbocycles. The van der Waals surface area contributed by atoms with Gasteiger partial charge in [-0.15, -0.1) is 0 Å². The first-order chi connectivity index (χ1) is 16.1. The predicted molar refractivity (Wildman–Crippen MR) is 131 cm³/mol. The minimum Gasteiger partial charge on any atom is -0.349 e. The summed E-state index contributed by atoms with van der Waals surface area (Å²) in [6, 6.07) is 12.9. The van der Waals surface area contributed by atoms with Gasteiger partial charge < -0.3 is 10.2 Å². The number of nitrogens with zero attached hydrogens (tertiary/aromatic N) is 2. The second-order valence-electron chi connectivity index (χ2n) is 9.56. The Kier molecular flexibility index (Phi) is 7.09. The van der Waals surface area contributed by atoms with Crippen LogP contribution in [0.3, 0.4) is 0 Å². The van der Waals surface area contributed by atoms with Crippen LogP contribution >= 0.6 is 0 Å². The lowest BCUT2D eigenvalue weighted by molar-refractivity contribution is -0.135. The third-order valence-corrected chi connectivity index (χ3v) is 8.74. The number of benzene rings is 2. The Morgan fingerprint density at radius 1 is 0.971 bits per heavy atom. The fourth-order valence-corrected chi connectivity index (χ4v) is 5.84. The standard InChI is InChI=1S/C26H33N3O4S/c1-18-4-11-24(16-19(18)2)34(32,33)29-14-12-22(13-15-29)26(31)28(3)17-20-5-7-21(8-6-20)25(30)27-23-9-10-23/h4-8,11,16,22-23H,9-10,12-15,17H2,1-3H3,(H,27,30). The number of carbonyl (C=O) groups excluding carboxylic acids is 2. The van der Waals surface area contributed by atoms with Gasteiger partial charge in [-0.05, 0) is 80.5 Å². The van der Waals surface area contributed by atoms with Crippen LogP contribution in [0, 0.1) is 19.8 Å². The summed E-state index contributed by atoms with van der Waals surface area (Å²) in [5.41, 5.74) is 3.59. The molecule has 1 aliphatic heterocycles. The highest BCUT2D eigenvalue weighted by Crippen LogP contribution is 2.26. The van der Waals surface area contributed by atoms with Crippen molar-refractivity contribution in [1.82, 2.24) is 14.5 Å². The van der Waals surface area contributed by atoms with Crippen molar-refractivity contribution >= 4 is 21.8 Å². The lowest BCUT2D eigenvalue weighted by Crippen LogP contribution is -2.43. The number of nitrogens with one attached hydrogen (secondary N) is 1. The molecule has 2 amide bonds. The summed E-state index contributed by atoms with van der Waals surface area (Å²) in [6.07, 6.45) is 3.11. The largest absolute Gasteiger partial charge is 0.349 e. The van der Waals surface area contributed by atoms with E-state index in [-0.39, 0.29) is 17.7 Å². The van der Waals surface area contributed by atoms with E-state index in [0.29, 0.717) is 49.0 Å². The van der Waals surface area contributed by atoms with Crippen molar-refractivity contribution in [3.8, 4) is 0 Å². The SMILES string of the molecule is Cc1ccc(S(=O)(=O)N2CCC(C(=O)N(C)Cc3ccc(C(=O)NC4CC4)cc3)CC2)cc1C. The quantitative estimate of drug-likeness (QED) is 0.655. The lowest BCUT2D eigenvalue weighted by Gasteiger charge is -2.32. The Balaban J connectivity index is 1.31. The first-order valence-electron chi connectivity index (χ1n) is 11.9. The van der Waals surface area contributed by atoms with E-state index in [1.54, 1.807) is 36.2 Å². The normalized spacial score (nSPS) is 17.4. The Morgan fingerprint density at radius 3 is 2.21 bits per heavy atom. The molecule has 1 heterocycles. The van der Waals surface area contributed by atoms with E-state index in [4.69, 9.17) is 0 Å². The molecule has 2 fully saturated rings. The maximum Gasteiger partial charge on any atom is 0.251 e. The smallest absolute Gasteiger partial charge is 0.251 e. The third kappa shape index (κ3) is 5.50. The molecule has 34 heavy (non-hydrogen) atoms. The Labute approximate surface area is 202 Å². The van der Waals surface area contributed by atoms with E-state index in [0.717, 1.165) is 29.5 Å². The monoisotopic (exact) mass is 483 g/mol. The molecule has 1 aliphatic carbocycles. The van der Waals surface area contributed by atoms with Crippen LogP contribution in [0.1, 0.15) is 52.7 Å². The highest BCUT2D eigenvalue weighted by molar-refractivity contribution is 7.89. The van der Waals surface area contributed by atoms with E-state index in [1.165, 1.54) is 4.31 Å². The zero-order chi connectivity index (χ0) is 24.5. The number of amides is 2. The van der Waals surface area contributed by atoms with Gasteiger partial charge in [-0.3, -0.25) is 9.59 Å². The van der Waals surface area contributed by atoms with E-state index in [1.807, 2.05) is 32.0 Å². The van der Waals surface area contributed by atoms with Crippen LogP contribution < -0.4 is 5.32 Å². The summed E-state index contributed by atoms with van der Waals surface area (Å²) >= 11 is 0. The van der Waals surface area contributed by atoms with Crippen molar-refractivity contribution < 1.29 is 18.0 Å². The van der Waals surface area contributed by atoms with Gasteiger partial charge in [-0.1, -0.05) is 18.2 Å². The Hall–Kier alpha value is -2.71. The first kappa shape index (κ1) is 24.4.